The Morgan fingerprint density at radius 2 is 1.12 bits per heavy atom. The minimum Gasteiger partial charge on any atom is -0.394 e. The fourth-order valence-corrected chi connectivity index (χ4v) is 8.71. The lowest BCUT2D eigenvalue weighted by molar-refractivity contribution is -0.118. The molecule has 2 atom stereocenters. The van der Waals surface area contributed by atoms with Crippen LogP contribution in [0.5, 0.6) is 0 Å². The standard InChI is InChI=1S/2C23H28N6O3/c24-11-8-23(9-12-28(13-10-23)19(15-30)16-4-2-1-3-5-16)29-14-18(20(25)31)21(27-29)26-22(32)17-6-7-17;24-11-8-23(9-12-28(13-10-23)15-19(30)16-4-2-1-3-5-16)29-14-18(20(25)31)21(27-29)26-22(32)17-6-7-17/h2*1-5,14,17,19,30H,6-10,12-13,15H2,(H2,25,31)(H,26,27,32). The van der Waals surface area contributed by atoms with Crippen molar-refractivity contribution in [3.05, 3.63) is 95.3 Å². The van der Waals surface area contributed by atoms with E-state index in [1.165, 1.54) is 0 Å². The summed E-state index contributed by atoms with van der Waals surface area (Å²) in [5, 5.41) is 54.1. The molecule has 8 N–H and O–H groups in total. The van der Waals surface area contributed by atoms with Crippen LogP contribution >= 0.6 is 0 Å². The Labute approximate surface area is 371 Å². The lowest BCUT2D eigenvalue weighted by atomic mass is 9.84. The number of hydrogen-bond acceptors (Lipinski definition) is 12. The number of amides is 4. The number of benzene rings is 2. The lowest BCUT2D eigenvalue weighted by Crippen LogP contribution is -2.48. The monoisotopic (exact) mass is 872 g/mol. The van der Waals surface area contributed by atoms with E-state index >= 15 is 0 Å². The molecule has 4 heterocycles. The number of hydrogen-bond donors (Lipinski definition) is 6. The molecule has 4 amide bonds. The van der Waals surface area contributed by atoms with Crippen molar-refractivity contribution in [3.8, 4) is 12.1 Å². The summed E-state index contributed by atoms with van der Waals surface area (Å²) >= 11 is 0. The first kappa shape index (κ1) is 45.6. The second-order valence-electron chi connectivity index (χ2n) is 17.4. The van der Waals surface area contributed by atoms with Crippen molar-refractivity contribution >= 4 is 35.3 Å². The van der Waals surface area contributed by atoms with Crippen molar-refractivity contribution in [2.75, 3.05) is 50.0 Å². The van der Waals surface area contributed by atoms with E-state index < -0.39 is 29.0 Å². The number of nitrogens with one attached hydrogen (secondary N) is 2. The van der Waals surface area contributed by atoms with Gasteiger partial charge in [-0.25, -0.2) is 0 Å². The molecule has 2 unspecified atom stereocenters. The van der Waals surface area contributed by atoms with Crippen molar-refractivity contribution in [2.24, 2.45) is 23.3 Å². The molecule has 18 heteroatoms. The summed E-state index contributed by atoms with van der Waals surface area (Å²) in [7, 11) is 0. The highest BCUT2D eigenvalue weighted by atomic mass is 16.3. The van der Waals surface area contributed by atoms with E-state index in [1.807, 2.05) is 60.7 Å². The predicted octanol–water partition coefficient (Wildman–Crippen LogP) is 3.54. The predicted molar refractivity (Wildman–Crippen MR) is 235 cm³/mol. The number of piperidine rings is 2. The Balaban J connectivity index is 0.000000191. The first-order valence-electron chi connectivity index (χ1n) is 21.9. The van der Waals surface area contributed by atoms with Gasteiger partial charge in [0.25, 0.3) is 11.8 Å². The fourth-order valence-electron chi connectivity index (χ4n) is 8.71. The van der Waals surface area contributed by atoms with Gasteiger partial charge in [0.2, 0.25) is 11.8 Å². The maximum Gasteiger partial charge on any atom is 0.254 e. The minimum absolute atomic E-state index is 0.000201. The topological polar surface area (TPSA) is 275 Å². The number of aliphatic hydroxyl groups excluding tert-OH is 2. The maximum atomic E-state index is 12.2. The SMILES string of the molecule is N#CCC1(n2cc(C(N)=O)c(NC(=O)C3CC3)n2)CCN(C(CO)c2ccccc2)CC1.N#CCC1(n2cc(C(N)=O)c(NC(=O)C3CC3)n2)CCN(CC(O)c2ccccc2)CC1. The molecule has 2 aromatic heterocycles. The van der Waals surface area contributed by atoms with Gasteiger partial charge in [0.1, 0.15) is 11.1 Å². The number of nitrogens with zero attached hydrogens (tertiary/aromatic N) is 8. The lowest BCUT2D eigenvalue weighted by Gasteiger charge is -2.43. The molecule has 64 heavy (non-hydrogen) atoms. The summed E-state index contributed by atoms with van der Waals surface area (Å²) in [4.78, 5) is 52.8. The second kappa shape index (κ2) is 19.9. The van der Waals surface area contributed by atoms with E-state index in [2.05, 4.69) is 42.8 Å². The molecule has 336 valence electrons. The molecular formula is C46H56N12O6. The third-order valence-corrected chi connectivity index (χ3v) is 13.1. The number of aliphatic hydroxyl groups is 2. The van der Waals surface area contributed by atoms with Crippen molar-refractivity contribution in [1.29, 1.82) is 10.5 Å². The van der Waals surface area contributed by atoms with Gasteiger partial charge in [0.15, 0.2) is 11.6 Å². The highest BCUT2D eigenvalue weighted by molar-refractivity contribution is 6.03. The van der Waals surface area contributed by atoms with E-state index in [4.69, 9.17) is 11.5 Å². The van der Waals surface area contributed by atoms with Gasteiger partial charge in [-0.3, -0.25) is 33.4 Å². The summed E-state index contributed by atoms with van der Waals surface area (Å²) in [6.07, 6.45) is 8.76. The number of rotatable bonds is 16. The normalized spacial score (nSPS) is 19.1. The maximum absolute atomic E-state index is 12.2. The Kier molecular flexibility index (Phi) is 14.2. The smallest absolute Gasteiger partial charge is 0.254 e. The van der Waals surface area contributed by atoms with Crippen molar-refractivity contribution in [3.63, 3.8) is 0 Å². The molecule has 2 aliphatic carbocycles. The molecule has 18 nitrogen and oxygen atoms in total. The zero-order chi connectivity index (χ0) is 45.4. The van der Waals surface area contributed by atoms with Gasteiger partial charge < -0.3 is 37.2 Å². The van der Waals surface area contributed by atoms with Crippen LogP contribution in [0.25, 0.3) is 0 Å². The van der Waals surface area contributed by atoms with E-state index in [-0.39, 0.29) is 71.9 Å². The second-order valence-corrected chi connectivity index (χ2v) is 17.4. The van der Waals surface area contributed by atoms with Crippen LogP contribution in [-0.2, 0) is 20.7 Å². The fraction of sp³-hybridized carbons (Fsp3) is 0.478. The van der Waals surface area contributed by atoms with E-state index in [1.54, 1.807) is 21.8 Å². The molecule has 0 spiro atoms. The van der Waals surface area contributed by atoms with Crippen molar-refractivity contribution in [2.45, 2.75) is 87.4 Å². The molecule has 8 rings (SSSR count). The Hall–Kier alpha value is -6.44. The number of carbonyl (C=O) groups is 4. The molecule has 4 aromatic rings. The van der Waals surface area contributed by atoms with Crippen LogP contribution in [0.15, 0.2) is 73.1 Å². The highest BCUT2D eigenvalue weighted by Crippen LogP contribution is 2.39. The molecule has 2 aromatic carbocycles. The van der Waals surface area contributed by atoms with Gasteiger partial charge in [-0.05, 0) is 62.5 Å². The van der Waals surface area contributed by atoms with Crippen molar-refractivity contribution < 1.29 is 29.4 Å². The van der Waals surface area contributed by atoms with Crippen LogP contribution in [0, 0.1) is 34.5 Å². The summed E-state index contributed by atoms with van der Waals surface area (Å²) in [6.45, 7) is 3.14. The highest BCUT2D eigenvalue weighted by Gasteiger charge is 2.42. The number of anilines is 2. The molecule has 2 saturated heterocycles. The number of aromatic nitrogens is 4. The first-order chi connectivity index (χ1) is 30.9. The van der Waals surface area contributed by atoms with Crippen molar-refractivity contribution in [1.82, 2.24) is 29.4 Å². The van der Waals surface area contributed by atoms with Crippen LogP contribution in [-0.4, -0.2) is 103 Å². The largest absolute Gasteiger partial charge is 0.394 e. The number of likely N-dealkylation sites (tertiary alicyclic amines) is 2. The molecule has 4 aliphatic rings. The molecule has 2 aliphatic heterocycles. The number of nitrogens with two attached hydrogens (primary N) is 2. The van der Waals surface area contributed by atoms with Crippen LogP contribution in [0.3, 0.4) is 0 Å². The van der Waals surface area contributed by atoms with Crippen LogP contribution in [0.1, 0.15) is 108 Å². The van der Waals surface area contributed by atoms with Crippen LogP contribution in [0.4, 0.5) is 11.6 Å². The van der Waals surface area contributed by atoms with Gasteiger partial charge in [-0.2, -0.15) is 20.7 Å². The van der Waals surface area contributed by atoms with E-state index in [9.17, 15) is 39.9 Å². The number of primary amides is 2. The molecule has 4 fully saturated rings. The summed E-state index contributed by atoms with van der Waals surface area (Å²) in [5.74, 6) is -1.40. The summed E-state index contributed by atoms with van der Waals surface area (Å²) < 4.78 is 3.29. The van der Waals surface area contributed by atoms with Gasteiger partial charge >= 0.3 is 0 Å². The molecule has 0 bridgehead atoms. The van der Waals surface area contributed by atoms with Crippen LogP contribution in [0.2, 0.25) is 0 Å². The quantitative estimate of drug-likeness (QED) is 0.0944. The van der Waals surface area contributed by atoms with Gasteiger partial charge in [-0.1, -0.05) is 60.7 Å². The minimum atomic E-state index is -0.670. The third kappa shape index (κ3) is 10.5. The first-order valence-corrected chi connectivity index (χ1v) is 21.9. The van der Waals surface area contributed by atoms with Gasteiger partial charge in [0, 0.05) is 57.0 Å². The van der Waals surface area contributed by atoms with Gasteiger partial charge in [0.05, 0.1) is 54.8 Å². The van der Waals surface area contributed by atoms with E-state index in [0.29, 0.717) is 58.4 Å². The Morgan fingerprint density at radius 3 is 1.52 bits per heavy atom. The zero-order valence-electron chi connectivity index (χ0n) is 35.8. The average molecular weight is 873 g/mol. The molecule has 0 radical (unpaired) electrons. The van der Waals surface area contributed by atoms with E-state index in [0.717, 1.165) is 36.8 Å². The zero-order valence-corrected chi connectivity index (χ0v) is 35.8. The number of carbonyl (C=O) groups excluding carboxylic acids is 4. The number of nitriles is 2. The third-order valence-electron chi connectivity index (χ3n) is 13.1. The Morgan fingerprint density at radius 1 is 0.703 bits per heavy atom. The average Bonchev–Trinajstić information content (AvgIpc) is 4.24. The van der Waals surface area contributed by atoms with Gasteiger partial charge in [-0.15, -0.1) is 0 Å². The summed E-state index contributed by atoms with van der Waals surface area (Å²) in [5.41, 5.74) is 12.1. The molecular weight excluding hydrogens is 817 g/mol. The number of β-amino-alcohol motifs (C(OH)–C–C–N with tert-alkyl or cyclic N) is 1. The van der Waals surface area contributed by atoms with Crippen LogP contribution < -0.4 is 22.1 Å². The Bertz CT molecular complexity index is 2360. The molecule has 2 saturated carbocycles. The summed E-state index contributed by atoms with van der Waals surface area (Å²) in [6, 6.07) is 23.8.